The Bertz CT molecular complexity index is 842. The molecule has 0 fully saturated rings. The number of anilines is 1. The molecule has 31 heavy (non-hydrogen) atoms. The van der Waals surface area contributed by atoms with E-state index in [0.717, 1.165) is 25.3 Å². The first-order valence-electron chi connectivity index (χ1n) is 9.91. The quantitative estimate of drug-likeness (QED) is 0.221. The average Bonchev–Trinajstić information content (AvgIpc) is 3.05. The summed E-state index contributed by atoms with van der Waals surface area (Å²) in [5.41, 5.74) is 1.19. The normalized spacial score (nSPS) is 11.0. The molecular weight excluding hydrogens is 529 g/mol. The lowest BCUT2D eigenvalue weighted by molar-refractivity contribution is -0.127. The van der Waals surface area contributed by atoms with E-state index in [1.807, 2.05) is 41.8 Å². The van der Waals surface area contributed by atoms with E-state index in [1.165, 1.54) is 10.6 Å². The third kappa shape index (κ3) is 8.56. The number of rotatable bonds is 9. The van der Waals surface area contributed by atoms with Gasteiger partial charge in [-0.05, 0) is 18.6 Å². The molecule has 0 radical (unpaired) electrons. The highest BCUT2D eigenvalue weighted by atomic mass is 127. The molecule has 0 aliphatic carbocycles. The van der Waals surface area contributed by atoms with Gasteiger partial charge in [0, 0.05) is 54.0 Å². The van der Waals surface area contributed by atoms with E-state index in [-0.39, 0.29) is 36.4 Å². The van der Waals surface area contributed by atoms with Crippen LogP contribution in [0.25, 0.3) is 0 Å². The van der Waals surface area contributed by atoms with E-state index in [2.05, 4.69) is 39.4 Å². The summed E-state index contributed by atoms with van der Waals surface area (Å²) < 4.78 is 1.83. The molecule has 10 heteroatoms. The minimum atomic E-state index is -0.0495. The van der Waals surface area contributed by atoms with Crippen molar-refractivity contribution in [1.29, 1.82) is 0 Å². The van der Waals surface area contributed by atoms with Crippen molar-refractivity contribution in [3.8, 4) is 0 Å². The van der Waals surface area contributed by atoms with Crippen LogP contribution in [0, 0.1) is 0 Å². The van der Waals surface area contributed by atoms with Gasteiger partial charge in [0.1, 0.15) is 17.5 Å². The van der Waals surface area contributed by atoms with E-state index in [4.69, 9.17) is 11.6 Å². The lowest BCUT2D eigenvalue weighted by atomic mass is 10.3. The fourth-order valence-electron chi connectivity index (χ4n) is 2.78. The van der Waals surface area contributed by atoms with Gasteiger partial charge in [-0.1, -0.05) is 29.8 Å². The fraction of sp³-hybridized carbons (Fsp3) is 0.476. The van der Waals surface area contributed by atoms with Crippen molar-refractivity contribution >= 4 is 53.1 Å². The number of benzene rings is 1. The Kier molecular flexibility index (Phi) is 11.7. The van der Waals surface area contributed by atoms with Crippen LogP contribution in [-0.2, 0) is 18.4 Å². The van der Waals surface area contributed by atoms with E-state index in [1.54, 1.807) is 20.3 Å². The number of amides is 1. The number of guanidine groups is 1. The number of nitrogens with one attached hydrogen (secondary N) is 1. The number of carbonyl (C=O) groups excluding carboxylic acids is 1. The van der Waals surface area contributed by atoms with Crippen molar-refractivity contribution in [1.82, 2.24) is 24.7 Å². The fourth-order valence-corrected chi connectivity index (χ4v) is 2.93. The molecule has 1 amide bonds. The number of hydrogen-bond donors (Lipinski definition) is 1. The molecule has 2 rings (SSSR count). The van der Waals surface area contributed by atoms with Crippen molar-refractivity contribution in [2.45, 2.75) is 13.0 Å². The van der Waals surface area contributed by atoms with Crippen molar-refractivity contribution in [2.24, 2.45) is 12.0 Å². The number of nitrogens with zero attached hydrogens (tertiary/aromatic N) is 6. The number of para-hydroxylation sites is 1. The summed E-state index contributed by atoms with van der Waals surface area (Å²) in [6.45, 7) is 2.25. The molecule has 2 aromatic rings. The second-order valence-corrected chi connectivity index (χ2v) is 7.76. The molecule has 1 heterocycles. The van der Waals surface area contributed by atoms with Gasteiger partial charge in [-0.25, -0.2) is 9.98 Å². The first-order chi connectivity index (χ1) is 14.3. The minimum absolute atomic E-state index is 0. The molecule has 0 bridgehead atoms. The summed E-state index contributed by atoms with van der Waals surface area (Å²) in [5.74, 6) is 1.43. The van der Waals surface area contributed by atoms with Crippen LogP contribution in [0.3, 0.4) is 0 Å². The Balaban J connectivity index is 0.00000480. The Hall–Kier alpha value is -2.01. The zero-order chi connectivity index (χ0) is 22.1. The molecule has 0 aliphatic heterocycles. The third-order valence-corrected chi connectivity index (χ3v) is 5.13. The molecule has 0 spiro atoms. The molecule has 8 nitrogen and oxygen atoms in total. The number of carbonyl (C=O) groups is 1. The van der Waals surface area contributed by atoms with Gasteiger partial charge in [0.15, 0.2) is 5.96 Å². The largest absolute Gasteiger partial charge is 0.375 e. The van der Waals surface area contributed by atoms with Crippen LogP contribution in [0.2, 0.25) is 5.15 Å². The summed E-state index contributed by atoms with van der Waals surface area (Å²) in [5, 5.41) is 3.96. The van der Waals surface area contributed by atoms with Gasteiger partial charge in [0.05, 0.1) is 12.7 Å². The van der Waals surface area contributed by atoms with E-state index in [9.17, 15) is 4.79 Å². The Labute approximate surface area is 207 Å². The maximum atomic E-state index is 12.0. The molecule has 1 N–H and O–H groups in total. The van der Waals surface area contributed by atoms with Crippen LogP contribution in [-0.4, -0.2) is 79.0 Å². The molecule has 1 aromatic carbocycles. The third-order valence-electron chi connectivity index (χ3n) is 4.78. The molecule has 0 atom stereocenters. The average molecular weight is 562 g/mol. The molecule has 1 aromatic heterocycles. The Morgan fingerprint density at radius 2 is 1.87 bits per heavy atom. The van der Waals surface area contributed by atoms with Crippen molar-refractivity contribution in [2.75, 3.05) is 52.7 Å². The Morgan fingerprint density at radius 1 is 1.19 bits per heavy atom. The first kappa shape index (κ1) is 27.0. The van der Waals surface area contributed by atoms with Gasteiger partial charge in [0.2, 0.25) is 5.91 Å². The van der Waals surface area contributed by atoms with E-state index >= 15 is 0 Å². The highest BCUT2D eigenvalue weighted by molar-refractivity contribution is 14.0. The molecule has 0 unspecified atom stereocenters. The molecule has 0 saturated carbocycles. The van der Waals surface area contributed by atoms with Crippen LogP contribution in [0.15, 0.2) is 41.5 Å². The zero-order valence-corrected chi connectivity index (χ0v) is 22.0. The number of imidazole rings is 1. The lowest BCUT2D eigenvalue weighted by Crippen LogP contribution is -2.41. The first-order valence-corrected chi connectivity index (χ1v) is 10.3. The summed E-state index contributed by atoms with van der Waals surface area (Å²) in [4.78, 5) is 26.5. The van der Waals surface area contributed by atoms with Crippen LogP contribution < -0.4 is 10.2 Å². The predicted molar refractivity (Wildman–Crippen MR) is 138 cm³/mol. The van der Waals surface area contributed by atoms with E-state index in [0.29, 0.717) is 17.7 Å². The number of likely N-dealkylation sites (N-methyl/N-ethyl adjacent to an activating group) is 1. The van der Waals surface area contributed by atoms with Gasteiger partial charge < -0.3 is 24.6 Å². The number of aliphatic imine (C=N–C) groups is 1. The molecule has 0 saturated heterocycles. The molecule has 0 aliphatic rings. The second-order valence-electron chi connectivity index (χ2n) is 7.38. The minimum Gasteiger partial charge on any atom is -0.375 e. The maximum Gasteiger partial charge on any atom is 0.243 e. The predicted octanol–water partition coefficient (Wildman–Crippen LogP) is 2.68. The summed E-state index contributed by atoms with van der Waals surface area (Å²) in [6, 6.07) is 10.3. The highest BCUT2D eigenvalue weighted by Crippen LogP contribution is 2.12. The van der Waals surface area contributed by atoms with Gasteiger partial charge in [-0.15, -0.1) is 24.0 Å². The number of halogens is 2. The van der Waals surface area contributed by atoms with Gasteiger partial charge in [-0.3, -0.25) is 4.79 Å². The van der Waals surface area contributed by atoms with Crippen molar-refractivity contribution in [3.05, 3.63) is 47.5 Å². The SMILES string of the molecule is CN(C)C(=O)CN=C(NCCCN(C)c1ccccc1)N(C)Cc1ncc(Cl)n1C.I. The Morgan fingerprint density at radius 3 is 2.45 bits per heavy atom. The summed E-state index contributed by atoms with van der Waals surface area (Å²) >= 11 is 6.09. The van der Waals surface area contributed by atoms with Crippen LogP contribution in [0.4, 0.5) is 5.69 Å². The van der Waals surface area contributed by atoms with Crippen molar-refractivity contribution in [3.63, 3.8) is 0 Å². The maximum absolute atomic E-state index is 12.0. The monoisotopic (exact) mass is 561 g/mol. The lowest BCUT2D eigenvalue weighted by Gasteiger charge is -2.24. The number of hydrogen-bond acceptors (Lipinski definition) is 4. The van der Waals surface area contributed by atoms with Gasteiger partial charge in [0.25, 0.3) is 0 Å². The van der Waals surface area contributed by atoms with Crippen LogP contribution in [0.1, 0.15) is 12.2 Å². The smallest absolute Gasteiger partial charge is 0.243 e. The van der Waals surface area contributed by atoms with Gasteiger partial charge >= 0.3 is 0 Å². The zero-order valence-electron chi connectivity index (χ0n) is 18.9. The van der Waals surface area contributed by atoms with Gasteiger partial charge in [-0.2, -0.15) is 0 Å². The number of aromatic nitrogens is 2. The molecular formula is C21H33ClIN7O. The highest BCUT2D eigenvalue weighted by Gasteiger charge is 2.13. The topological polar surface area (TPSA) is 69.0 Å². The second kappa shape index (κ2) is 13.4. The van der Waals surface area contributed by atoms with Crippen molar-refractivity contribution < 1.29 is 4.79 Å². The van der Waals surface area contributed by atoms with E-state index < -0.39 is 0 Å². The summed E-state index contributed by atoms with van der Waals surface area (Å²) in [7, 11) is 9.33. The van der Waals surface area contributed by atoms with Crippen LogP contribution >= 0.6 is 35.6 Å². The molecule has 172 valence electrons. The summed E-state index contributed by atoms with van der Waals surface area (Å²) in [6.07, 6.45) is 2.55. The standard InChI is InChI=1S/C21H32ClN7O.HI/c1-26(2)20(30)15-25-21(28(4)16-19-24-14-18(22)29(19)5)23-12-9-13-27(3)17-10-7-6-8-11-17;/h6-8,10-11,14H,9,12-13,15-16H2,1-5H3,(H,23,25);1H. The van der Waals surface area contributed by atoms with Crippen LogP contribution in [0.5, 0.6) is 0 Å².